The zero-order valence-corrected chi connectivity index (χ0v) is 14.4. The lowest BCUT2D eigenvalue weighted by Gasteiger charge is -2.29. The molecule has 0 heterocycles. The molecule has 0 unspecified atom stereocenters. The molecule has 0 aliphatic carbocycles. The summed E-state index contributed by atoms with van der Waals surface area (Å²) in [5.41, 5.74) is -1.66. The third kappa shape index (κ3) is 5.34. The molecule has 0 fully saturated rings. The molecule has 2 rings (SSSR count). The Hall–Kier alpha value is -2.36. The summed E-state index contributed by atoms with van der Waals surface area (Å²) in [6.07, 6.45) is -12.8. The normalized spacial score (nSPS) is 13.5. The highest BCUT2D eigenvalue weighted by atomic mass is 19.4. The van der Waals surface area contributed by atoms with E-state index in [-0.39, 0.29) is 17.8 Å². The molecule has 0 saturated heterocycles. The summed E-state index contributed by atoms with van der Waals surface area (Å²) >= 11 is 0. The second-order valence-electron chi connectivity index (χ2n) is 6.19. The molecule has 154 valence electrons. The van der Waals surface area contributed by atoms with Gasteiger partial charge in [0, 0.05) is 17.8 Å². The molecule has 28 heavy (non-hydrogen) atoms. The Labute approximate surface area is 155 Å². The van der Waals surface area contributed by atoms with Crippen LogP contribution in [0.25, 0.3) is 0 Å². The number of benzene rings is 2. The molecule has 0 bridgehead atoms. The van der Waals surface area contributed by atoms with E-state index in [2.05, 4.69) is 0 Å². The first kappa shape index (κ1) is 21.9. The van der Waals surface area contributed by atoms with Crippen LogP contribution in [0.15, 0.2) is 36.4 Å². The number of anilines is 1. The van der Waals surface area contributed by atoms with Crippen LogP contribution >= 0.6 is 0 Å². The largest absolute Gasteiger partial charge is 0.416 e. The molecule has 0 radical (unpaired) electrons. The Morgan fingerprint density at radius 3 is 2.00 bits per heavy atom. The second-order valence-corrected chi connectivity index (χ2v) is 6.19. The maximum Gasteiger partial charge on any atom is 0.416 e. The van der Waals surface area contributed by atoms with Crippen LogP contribution < -0.4 is 4.90 Å². The highest BCUT2D eigenvalue weighted by Gasteiger charge is 2.39. The number of hydrogen-bond donors (Lipinski definition) is 1. The van der Waals surface area contributed by atoms with Gasteiger partial charge >= 0.3 is 12.4 Å². The topological polar surface area (TPSA) is 23.5 Å². The Balaban J connectivity index is 2.43. The minimum absolute atomic E-state index is 0.0764. The van der Waals surface area contributed by atoms with Gasteiger partial charge in [-0.2, -0.15) is 26.3 Å². The van der Waals surface area contributed by atoms with Crippen molar-refractivity contribution in [2.45, 2.75) is 31.9 Å². The molecule has 0 aliphatic rings. The van der Waals surface area contributed by atoms with Crippen LogP contribution in [0.3, 0.4) is 0 Å². The van der Waals surface area contributed by atoms with E-state index in [0.29, 0.717) is 5.56 Å². The van der Waals surface area contributed by atoms with E-state index < -0.39 is 54.3 Å². The van der Waals surface area contributed by atoms with Crippen molar-refractivity contribution >= 4 is 5.69 Å². The van der Waals surface area contributed by atoms with Crippen LogP contribution in [0.1, 0.15) is 16.7 Å². The van der Waals surface area contributed by atoms with Gasteiger partial charge in [-0.1, -0.05) is 12.1 Å². The summed E-state index contributed by atoms with van der Waals surface area (Å²) in [5, 5.41) is 9.35. The van der Waals surface area contributed by atoms with Gasteiger partial charge in [0.05, 0.1) is 12.1 Å². The van der Waals surface area contributed by atoms with Crippen LogP contribution in [0, 0.1) is 18.6 Å². The average molecular weight is 413 g/mol. The van der Waals surface area contributed by atoms with E-state index in [1.54, 1.807) is 13.0 Å². The van der Waals surface area contributed by atoms with E-state index >= 15 is 0 Å². The molecule has 2 nitrogen and oxygen atoms in total. The van der Waals surface area contributed by atoms with Crippen LogP contribution in [0.4, 0.5) is 40.8 Å². The van der Waals surface area contributed by atoms with E-state index in [0.717, 1.165) is 4.90 Å². The number of aliphatic hydroxyl groups is 1. The molecule has 10 heteroatoms. The lowest BCUT2D eigenvalue weighted by Crippen LogP contribution is -2.41. The zero-order valence-electron chi connectivity index (χ0n) is 14.4. The summed E-state index contributed by atoms with van der Waals surface area (Å²) < 4.78 is 104. The van der Waals surface area contributed by atoms with Gasteiger partial charge in [-0.25, -0.2) is 8.78 Å². The first-order valence-electron chi connectivity index (χ1n) is 7.90. The average Bonchev–Trinajstić information content (AvgIpc) is 2.54. The molecule has 0 aliphatic heterocycles. The number of aliphatic hydroxyl groups excluding tert-OH is 1. The lowest BCUT2D eigenvalue weighted by molar-refractivity contribution is -0.200. The van der Waals surface area contributed by atoms with Crippen LogP contribution in [-0.4, -0.2) is 23.9 Å². The minimum Gasteiger partial charge on any atom is -0.382 e. The third-order valence-electron chi connectivity index (χ3n) is 3.96. The predicted molar refractivity (Wildman–Crippen MR) is 85.7 cm³/mol. The molecular weight excluding hydrogens is 398 g/mol. The fourth-order valence-electron chi connectivity index (χ4n) is 2.51. The highest BCUT2D eigenvalue weighted by molar-refractivity contribution is 5.49. The van der Waals surface area contributed by atoms with Crippen molar-refractivity contribution in [3.8, 4) is 0 Å². The summed E-state index contributed by atoms with van der Waals surface area (Å²) in [5.74, 6) is -3.10. The molecule has 0 spiro atoms. The molecule has 0 amide bonds. The van der Waals surface area contributed by atoms with Crippen molar-refractivity contribution in [2.24, 2.45) is 0 Å². The smallest absolute Gasteiger partial charge is 0.382 e. The Bertz CT molecular complexity index is 808. The van der Waals surface area contributed by atoms with Crippen molar-refractivity contribution in [3.05, 3.63) is 64.7 Å². The van der Waals surface area contributed by atoms with Crippen LogP contribution in [0.5, 0.6) is 0 Å². The Kier molecular flexibility index (Phi) is 6.22. The second kappa shape index (κ2) is 7.94. The van der Waals surface area contributed by atoms with Crippen molar-refractivity contribution in [2.75, 3.05) is 11.4 Å². The summed E-state index contributed by atoms with van der Waals surface area (Å²) in [6.45, 7) is -0.250. The third-order valence-corrected chi connectivity index (χ3v) is 3.96. The van der Waals surface area contributed by atoms with Gasteiger partial charge < -0.3 is 10.0 Å². The van der Waals surface area contributed by atoms with Gasteiger partial charge in [-0.15, -0.1) is 0 Å². The van der Waals surface area contributed by atoms with E-state index in [1.807, 2.05) is 0 Å². The molecule has 0 saturated carbocycles. The number of hydrogen-bond acceptors (Lipinski definition) is 2. The quantitative estimate of drug-likeness (QED) is 0.680. The van der Waals surface area contributed by atoms with Gasteiger partial charge in [0.25, 0.3) is 0 Å². The van der Waals surface area contributed by atoms with E-state index in [9.17, 15) is 40.2 Å². The lowest BCUT2D eigenvalue weighted by atomic mass is 10.1. The first-order valence-corrected chi connectivity index (χ1v) is 7.90. The number of alkyl halides is 6. The van der Waals surface area contributed by atoms with Crippen molar-refractivity contribution in [1.82, 2.24) is 0 Å². The molecular formula is C18H15F8NO. The number of halogens is 8. The molecule has 1 N–H and O–H groups in total. The molecule has 1 atom stereocenters. The van der Waals surface area contributed by atoms with Gasteiger partial charge in [0.2, 0.25) is 0 Å². The maximum absolute atomic E-state index is 14.1. The number of aryl methyl sites for hydroxylation is 1. The highest BCUT2D eigenvalue weighted by Crippen LogP contribution is 2.32. The summed E-state index contributed by atoms with van der Waals surface area (Å²) in [6, 6.07) is 6.04. The van der Waals surface area contributed by atoms with Crippen LogP contribution in [0.2, 0.25) is 0 Å². The number of nitrogens with zero attached hydrogens (tertiary/aromatic N) is 1. The van der Waals surface area contributed by atoms with Crippen molar-refractivity contribution in [3.63, 3.8) is 0 Å². The van der Waals surface area contributed by atoms with Crippen LogP contribution in [-0.2, 0) is 12.7 Å². The zero-order chi connectivity index (χ0) is 21.3. The standard InChI is InChI=1S/C18H15F8NO/c1-10-3-2-4-12(5-10)27(9-16(28)18(24,25)26)8-13-14(19)6-11(7-15(13)20)17(21,22)23/h2-7,16,28H,8-9H2,1H3/t16-/m1/s1. The van der Waals surface area contributed by atoms with E-state index in [1.165, 1.54) is 18.2 Å². The molecule has 0 aromatic heterocycles. The monoisotopic (exact) mass is 413 g/mol. The Morgan fingerprint density at radius 1 is 0.964 bits per heavy atom. The van der Waals surface area contributed by atoms with E-state index in [4.69, 9.17) is 0 Å². The van der Waals surface area contributed by atoms with Gasteiger partial charge in [-0.3, -0.25) is 0 Å². The van der Waals surface area contributed by atoms with Crippen molar-refractivity contribution < 1.29 is 40.2 Å². The Morgan fingerprint density at radius 2 is 1.54 bits per heavy atom. The summed E-state index contributed by atoms with van der Waals surface area (Å²) in [7, 11) is 0. The maximum atomic E-state index is 14.1. The SMILES string of the molecule is Cc1cccc(N(Cc2c(F)cc(C(F)(F)F)cc2F)C[C@@H](O)C(F)(F)F)c1. The number of rotatable bonds is 5. The predicted octanol–water partition coefficient (Wildman–Crippen LogP) is 5.22. The fraction of sp³-hybridized carbons (Fsp3) is 0.333. The first-order chi connectivity index (χ1) is 12.8. The minimum atomic E-state index is -4.99. The molecule has 2 aromatic carbocycles. The molecule has 2 aromatic rings. The van der Waals surface area contributed by atoms with Gasteiger partial charge in [0.15, 0.2) is 6.10 Å². The fourth-order valence-corrected chi connectivity index (χ4v) is 2.51. The summed E-state index contributed by atoms with van der Waals surface area (Å²) in [4.78, 5) is 0.847. The van der Waals surface area contributed by atoms with Gasteiger partial charge in [-0.05, 0) is 36.8 Å². The van der Waals surface area contributed by atoms with Crippen molar-refractivity contribution in [1.29, 1.82) is 0 Å². The van der Waals surface area contributed by atoms with Gasteiger partial charge in [0.1, 0.15) is 11.6 Å².